The molecular formula is C30H35F3N10O2. The molecule has 0 unspecified atom stereocenters. The van der Waals surface area contributed by atoms with Crippen LogP contribution in [0.15, 0.2) is 37.1 Å². The van der Waals surface area contributed by atoms with Crippen LogP contribution < -0.4 is 10.1 Å². The summed E-state index contributed by atoms with van der Waals surface area (Å²) >= 11 is 0. The van der Waals surface area contributed by atoms with Crippen LogP contribution in [-0.2, 0) is 18.3 Å². The maximum atomic E-state index is 13.5. The Morgan fingerprint density at radius 3 is 2.67 bits per heavy atom. The van der Waals surface area contributed by atoms with Gasteiger partial charge in [-0.05, 0) is 45.6 Å². The standard InChI is InChI=1S/C30H35F3N10O2/c1-28(2,17-44)38-13-20-11-24(41-27(40-20)30(31,32)33)45-22-5-3-21(4-6-22)42-15-29(16-42,8-9-34)43-14-19(12-39-43)25-23-7-10-35-26(23)37-18-36-25/h7,10-12,14,18,21-22,38,44H,3-6,8,13,15-17H2,1-2H3,(H,35,36,37)/t21-,22+. The number of aliphatic hydroxyl groups excluding tert-OH is 1. The number of aromatic nitrogens is 7. The lowest BCUT2D eigenvalue weighted by atomic mass is 9.82. The molecule has 0 spiro atoms. The lowest BCUT2D eigenvalue weighted by Gasteiger charge is -2.53. The van der Waals surface area contributed by atoms with Gasteiger partial charge in [-0.3, -0.25) is 9.58 Å². The van der Waals surface area contributed by atoms with Crippen LogP contribution in [0.4, 0.5) is 13.2 Å². The lowest BCUT2D eigenvalue weighted by Crippen LogP contribution is -2.65. The van der Waals surface area contributed by atoms with Gasteiger partial charge in [-0.2, -0.15) is 28.5 Å². The third-order valence-corrected chi connectivity index (χ3v) is 8.70. The predicted octanol–water partition coefficient (Wildman–Crippen LogP) is 3.81. The van der Waals surface area contributed by atoms with Crippen LogP contribution in [0.3, 0.4) is 0 Å². The molecule has 1 aliphatic carbocycles. The van der Waals surface area contributed by atoms with Crippen molar-refractivity contribution in [1.82, 2.24) is 44.9 Å². The summed E-state index contributed by atoms with van der Waals surface area (Å²) < 4.78 is 48.5. The quantitative estimate of drug-likeness (QED) is 0.237. The molecule has 1 saturated heterocycles. The topological polar surface area (TPSA) is 154 Å². The number of likely N-dealkylation sites (tertiary alicyclic amines) is 1. The highest BCUT2D eigenvalue weighted by atomic mass is 19.4. The Hall–Kier alpha value is -4.13. The van der Waals surface area contributed by atoms with Crippen LogP contribution >= 0.6 is 0 Å². The van der Waals surface area contributed by atoms with Crippen molar-refractivity contribution in [2.24, 2.45) is 0 Å². The van der Waals surface area contributed by atoms with E-state index in [2.05, 4.69) is 46.3 Å². The summed E-state index contributed by atoms with van der Waals surface area (Å²) in [5.74, 6) is -1.35. The van der Waals surface area contributed by atoms with Gasteiger partial charge in [0.05, 0.1) is 36.7 Å². The summed E-state index contributed by atoms with van der Waals surface area (Å²) in [6, 6.07) is 5.95. The van der Waals surface area contributed by atoms with E-state index in [1.807, 2.05) is 23.1 Å². The number of ether oxygens (including phenoxy) is 1. The third kappa shape index (κ3) is 6.49. The summed E-state index contributed by atoms with van der Waals surface area (Å²) in [5, 5.41) is 27.7. The molecular weight excluding hydrogens is 589 g/mol. The van der Waals surface area contributed by atoms with Crippen molar-refractivity contribution in [2.75, 3.05) is 19.7 Å². The number of nitriles is 1. The first-order valence-corrected chi connectivity index (χ1v) is 14.9. The van der Waals surface area contributed by atoms with E-state index in [-0.39, 0.29) is 36.9 Å². The Morgan fingerprint density at radius 2 is 1.96 bits per heavy atom. The summed E-state index contributed by atoms with van der Waals surface area (Å²) in [4.78, 5) is 21.5. The fourth-order valence-electron chi connectivity index (χ4n) is 6.09. The summed E-state index contributed by atoms with van der Waals surface area (Å²) in [7, 11) is 0. The number of H-pyrrole nitrogens is 1. The molecule has 1 aliphatic heterocycles. The maximum Gasteiger partial charge on any atom is 0.451 e. The van der Waals surface area contributed by atoms with Gasteiger partial charge >= 0.3 is 6.18 Å². The van der Waals surface area contributed by atoms with Crippen molar-refractivity contribution >= 4 is 11.0 Å². The summed E-state index contributed by atoms with van der Waals surface area (Å²) in [6.45, 7) is 4.66. The van der Waals surface area contributed by atoms with Crippen LogP contribution in [0.25, 0.3) is 22.3 Å². The van der Waals surface area contributed by atoms with E-state index >= 15 is 0 Å². The number of aromatic amines is 1. The first kappa shape index (κ1) is 30.9. The number of nitrogens with zero attached hydrogens (tertiary/aromatic N) is 8. The minimum Gasteiger partial charge on any atom is -0.474 e. The second-order valence-corrected chi connectivity index (χ2v) is 12.6. The molecule has 0 radical (unpaired) electrons. The van der Waals surface area contributed by atoms with Crippen LogP contribution in [0.1, 0.15) is 57.5 Å². The lowest BCUT2D eigenvalue weighted by molar-refractivity contribution is -0.145. The highest BCUT2D eigenvalue weighted by Gasteiger charge is 2.48. The number of rotatable bonds is 10. The van der Waals surface area contributed by atoms with E-state index < -0.39 is 23.1 Å². The molecule has 238 valence electrons. The van der Waals surface area contributed by atoms with Crippen molar-refractivity contribution in [2.45, 2.75) is 81.9 Å². The third-order valence-electron chi connectivity index (χ3n) is 8.70. The van der Waals surface area contributed by atoms with E-state index in [1.165, 1.54) is 12.4 Å². The molecule has 2 aliphatic rings. The molecule has 0 atom stereocenters. The van der Waals surface area contributed by atoms with E-state index in [4.69, 9.17) is 4.74 Å². The second kappa shape index (κ2) is 12.0. The number of hydrogen-bond donors (Lipinski definition) is 3. The molecule has 45 heavy (non-hydrogen) atoms. The number of aliphatic hydroxyl groups is 1. The number of fused-ring (bicyclic) bond motifs is 1. The smallest absolute Gasteiger partial charge is 0.451 e. The fourth-order valence-corrected chi connectivity index (χ4v) is 6.09. The van der Waals surface area contributed by atoms with Crippen LogP contribution in [0.5, 0.6) is 5.88 Å². The monoisotopic (exact) mass is 624 g/mol. The average molecular weight is 625 g/mol. The number of halogens is 3. The Labute approximate surface area is 257 Å². The number of nitrogens with one attached hydrogen (secondary N) is 2. The van der Waals surface area contributed by atoms with Crippen molar-refractivity contribution in [3.05, 3.63) is 48.6 Å². The van der Waals surface area contributed by atoms with Crippen molar-refractivity contribution < 1.29 is 23.0 Å². The minimum absolute atomic E-state index is 0.0228. The van der Waals surface area contributed by atoms with Crippen molar-refractivity contribution in [1.29, 1.82) is 5.26 Å². The molecule has 2 fully saturated rings. The number of hydrogen-bond acceptors (Lipinski definition) is 10. The van der Waals surface area contributed by atoms with E-state index in [9.17, 15) is 23.5 Å². The van der Waals surface area contributed by atoms with Gasteiger partial charge in [0.2, 0.25) is 11.7 Å². The van der Waals surface area contributed by atoms with Gasteiger partial charge in [0, 0.05) is 60.6 Å². The van der Waals surface area contributed by atoms with E-state index in [1.54, 1.807) is 20.0 Å². The maximum absolute atomic E-state index is 13.5. The van der Waals surface area contributed by atoms with Gasteiger partial charge in [-0.15, -0.1) is 0 Å². The van der Waals surface area contributed by atoms with Gasteiger partial charge in [-0.1, -0.05) is 0 Å². The zero-order valence-corrected chi connectivity index (χ0v) is 25.0. The zero-order chi connectivity index (χ0) is 31.8. The second-order valence-electron chi connectivity index (χ2n) is 12.6. The van der Waals surface area contributed by atoms with E-state index in [0.29, 0.717) is 32.4 Å². The highest BCUT2D eigenvalue weighted by Crippen LogP contribution is 2.39. The molecule has 3 N–H and O–H groups in total. The normalized spacial score (nSPS) is 20.6. The Morgan fingerprint density at radius 1 is 1.18 bits per heavy atom. The van der Waals surface area contributed by atoms with Crippen LogP contribution in [0, 0.1) is 11.3 Å². The zero-order valence-electron chi connectivity index (χ0n) is 25.0. The van der Waals surface area contributed by atoms with Gasteiger partial charge in [0.1, 0.15) is 23.6 Å². The van der Waals surface area contributed by atoms with Crippen molar-refractivity contribution in [3.63, 3.8) is 0 Å². The molecule has 15 heteroatoms. The first-order chi connectivity index (χ1) is 21.5. The highest BCUT2D eigenvalue weighted by molar-refractivity contribution is 5.90. The van der Waals surface area contributed by atoms with Crippen LogP contribution in [-0.4, -0.2) is 82.1 Å². The molecule has 5 heterocycles. The fraction of sp³-hybridized carbons (Fsp3) is 0.533. The summed E-state index contributed by atoms with van der Waals surface area (Å²) in [5.41, 5.74) is 1.37. The number of alkyl halides is 3. The van der Waals surface area contributed by atoms with Crippen LogP contribution in [0.2, 0.25) is 0 Å². The Bertz CT molecular complexity index is 1680. The molecule has 0 aromatic carbocycles. The molecule has 0 amide bonds. The molecule has 0 bridgehead atoms. The summed E-state index contributed by atoms with van der Waals surface area (Å²) in [6.07, 6.45) is 5.30. The molecule has 12 nitrogen and oxygen atoms in total. The van der Waals surface area contributed by atoms with E-state index in [0.717, 1.165) is 35.1 Å². The molecule has 4 aromatic heterocycles. The van der Waals surface area contributed by atoms with Gasteiger partial charge in [0.25, 0.3) is 0 Å². The molecule has 4 aromatic rings. The first-order valence-electron chi connectivity index (χ1n) is 14.9. The van der Waals surface area contributed by atoms with Crippen molar-refractivity contribution in [3.8, 4) is 23.2 Å². The minimum atomic E-state index is -4.72. The Balaban J connectivity index is 1.08. The van der Waals surface area contributed by atoms with Gasteiger partial charge in [0.15, 0.2) is 0 Å². The van der Waals surface area contributed by atoms with Gasteiger partial charge < -0.3 is 20.1 Å². The molecule has 1 saturated carbocycles. The molecule has 6 rings (SSSR count). The van der Waals surface area contributed by atoms with Gasteiger partial charge in [-0.25, -0.2) is 15.0 Å². The predicted molar refractivity (Wildman–Crippen MR) is 157 cm³/mol. The average Bonchev–Trinajstić information content (AvgIpc) is 3.68. The Kier molecular flexibility index (Phi) is 8.23. The SMILES string of the molecule is CC(C)(CO)NCc1cc(O[C@H]2CC[C@@H](N3CC(CC#N)(n4cc(-c5ncnc6[nH]ccc56)cn4)C3)CC2)nc(C(F)(F)F)n1. The largest absolute Gasteiger partial charge is 0.474 e.